The normalized spacial score (nSPS) is 17.1. The molecule has 2 aromatic rings. The molecule has 26 heavy (non-hydrogen) atoms. The number of hydrogen-bond donors (Lipinski definition) is 0. The monoisotopic (exact) mass is 372 g/mol. The number of fused-ring (bicyclic) bond motifs is 1. The Hall–Kier alpha value is -2.48. The molecule has 0 aliphatic carbocycles. The summed E-state index contributed by atoms with van der Waals surface area (Å²) in [6, 6.07) is 5.20. The zero-order valence-corrected chi connectivity index (χ0v) is 15.2. The summed E-state index contributed by atoms with van der Waals surface area (Å²) in [7, 11) is 0. The van der Waals surface area contributed by atoms with E-state index in [1.165, 1.54) is 11.3 Å². The fourth-order valence-corrected chi connectivity index (χ4v) is 4.13. The van der Waals surface area contributed by atoms with Crippen LogP contribution in [-0.2, 0) is 17.9 Å². The van der Waals surface area contributed by atoms with Crippen molar-refractivity contribution in [2.75, 3.05) is 19.6 Å². The topological polar surface area (TPSA) is 75.5 Å². The molecule has 0 bridgehead atoms. The van der Waals surface area contributed by atoms with Crippen molar-refractivity contribution in [3.05, 3.63) is 39.8 Å². The molecule has 1 saturated heterocycles. The maximum absolute atomic E-state index is 12.6. The highest BCUT2D eigenvalue weighted by atomic mass is 32.1. The number of aromatic nitrogens is 2. The summed E-state index contributed by atoms with van der Waals surface area (Å²) in [4.78, 5) is 41.3. The average molecular weight is 372 g/mol. The fourth-order valence-electron chi connectivity index (χ4n) is 3.48. The Bertz CT molecular complexity index is 837. The molecular formula is C18H20N4O3S. The van der Waals surface area contributed by atoms with Crippen molar-refractivity contribution in [3.63, 3.8) is 0 Å². The highest BCUT2D eigenvalue weighted by molar-refractivity contribution is 7.13. The summed E-state index contributed by atoms with van der Waals surface area (Å²) in [5.74, 6) is -1.01. The van der Waals surface area contributed by atoms with Crippen LogP contribution >= 0.6 is 11.3 Å². The molecule has 0 N–H and O–H groups in total. The molecular weight excluding hydrogens is 352 g/mol. The highest BCUT2D eigenvalue weighted by Crippen LogP contribution is 2.19. The largest absolute Gasteiger partial charge is 0.337 e. The van der Waals surface area contributed by atoms with E-state index in [2.05, 4.69) is 5.10 Å². The Labute approximate surface area is 155 Å². The van der Waals surface area contributed by atoms with Crippen LogP contribution in [-0.4, -0.2) is 56.8 Å². The Kier molecular flexibility index (Phi) is 4.58. The zero-order valence-electron chi connectivity index (χ0n) is 14.4. The van der Waals surface area contributed by atoms with Gasteiger partial charge in [0.05, 0.1) is 17.1 Å². The van der Waals surface area contributed by atoms with Crippen LogP contribution < -0.4 is 0 Å². The van der Waals surface area contributed by atoms with E-state index >= 15 is 0 Å². The van der Waals surface area contributed by atoms with Gasteiger partial charge in [-0.1, -0.05) is 6.07 Å². The lowest BCUT2D eigenvalue weighted by molar-refractivity contribution is -0.127. The van der Waals surface area contributed by atoms with E-state index in [0.717, 1.165) is 31.6 Å². The molecule has 2 aromatic heterocycles. The smallest absolute Gasteiger partial charge is 0.296 e. The molecule has 0 radical (unpaired) electrons. The number of carbonyl (C=O) groups is 3. The highest BCUT2D eigenvalue weighted by Gasteiger charge is 2.28. The van der Waals surface area contributed by atoms with Gasteiger partial charge >= 0.3 is 0 Å². The number of likely N-dealkylation sites (tertiary alicyclic amines) is 1. The van der Waals surface area contributed by atoms with Crippen LogP contribution in [0.25, 0.3) is 0 Å². The van der Waals surface area contributed by atoms with Crippen molar-refractivity contribution in [3.8, 4) is 0 Å². The lowest BCUT2D eigenvalue weighted by atomic mass is 10.2. The van der Waals surface area contributed by atoms with E-state index in [4.69, 9.17) is 0 Å². The first-order valence-electron chi connectivity index (χ1n) is 8.86. The van der Waals surface area contributed by atoms with Crippen molar-refractivity contribution < 1.29 is 14.4 Å². The first-order valence-corrected chi connectivity index (χ1v) is 9.74. The van der Waals surface area contributed by atoms with Gasteiger partial charge in [0.15, 0.2) is 5.69 Å². The third-order valence-corrected chi connectivity index (χ3v) is 5.72. The first kappa shape index (κ1) is 17.0. The molecule has 1 fully saturated rings. The maximum Gasteiger partial charge on any atom is 0.296 e. The van der Waals surface area contributed by atoms with Gasteiger partial charge in [-0.2, -0.15) is 5.10 Å². The van der Waals surface area contributed by atoms with Crippen LogP contribution in [0.4, 0.5) is 0 Å². The third kappa shape index (κ3) is 3.16. The molecule has 7 nitrogen and oxygen atoms in total. The predicted octanol–water partition coefficient (Wildman–Crippen LogP) is 1.80. The molecule has 0 aromatic carbocycles. The molecule has 136 valence electrons. The third-order valence-electron chi connectivity index (χ3n) is 4.85. The number of thiophene rings is 1. The van der Waals surface area contributed by atoms with Crippen molar-refractivity contribution in [2.24, 2.45) is 0 Å². The number of aryl methyl sites for hydroxylation is 1. The van der Waals surface area contributed by atoms with Crippen LogP contribution in [0, 0.1) is 0 Å². The minimum atomic E-state index is -0.491. The van der Waals surface area contributed by atoms with Gasteiger partial charge in [-0.15, -0.1) is 11.3 Å². The number of amides is 2. The summed E-state index contributed by atoms with van der Waals surface area (Å²) in [6.07, 6.45) is 2.77. The summed E-state index contributed by atoms with van der Waals surface area (Å²) < 4.78 is 1.80. The lowest BCUT2D eigenvalue weighted by Crippen LogP contribution is -2.36. The Morgan fingerprint density at radius 3 is 2.50 bits per heavy atom. The number of hydrogen-bond acceptors (Lipinski definition) is 5. The van der Waals surface area contributed by atoms with E-state index in [1.807, 2.05) is 4.90 Å². The molecule has 2 amide bonds. The number of Topliss-reactive ketones (excluding diaryl/α,β-unsaturated/α-hetero) is 1. The Balaban J connectivity index is 1.52. The van der Waals surface area contributed by atoms with Crippen molar-refractivity contribution in [2.45, 2.75) is 32.4 Å². The number of carbonyl (C=O) groups excluding carboxylic acids is 3. The van der Waals surface area contributed by atoms with Gasteiger partial charge in [-0.25, -0.2) is 0 Å². The second kappa shape index (κ2) is 7.03. The van der Waals surface area contributed by atoms with Crippen LogP contribution in [0.2, 0.25) is 0 Å². The second-order valence-corrected chi connectivity index (χ2v) is 7.58. The van der Waals surface area contributed by atoms with Crippen molar-refractivity contribution in [1.29, 1.82) is 0 Å². The van der Waals surface area contributed by atoms with E-state index in [1.54, 1.807) is 33.2 Å². The molecule has 0 atom stereocenters. The van der Waals surface area contributed by atoms with E-state index in [9.17, 15) is 14.4 Å². The minimum absolute atomic E-state index is 0.0457. The van der Waals surface area contributed by atoms with Crippen molar-refractivity contribution in [1.82, 2.24) is 19.6 Å². The summed E-state index contributed by atoms with van der Waals surface area (Å²) in [6.45, 7) is 3.01. The number of rotatable bonds is 3. The summed E-state index contributed by atoms with van der Waals surface area (Å²) in [5, 5.41) is 6.23. The molecule has 4 rings (SSSR count). The Morgan fingerprint density at radius 1 is 1.00 bits per heavy atom. The van der Waals surface area contributed by atoms with Gasteiger partial charge in [0, 0.05) is 26.2 Å². The quantitative estimate of drug-likeness (QED) is 0.608. The molecule has 0 spiro atoms. The van der Waals surface area contributed by atoms with E-state index < -0.39 is 11.7 Å². The van der Waals surface area contributed by atoms with Gasteiger partial charge in [-0.05, 0) is 36.8 Å². The lowest BCUT2D eigenvalue weighted by Gasteiger charge is -2.18. The van der Waals surface area contributed by atoms with Gasteiger partial charge in [0.1, 0.15) is 0 Å². The maximum atomic E-state index is 12.6. The van der Waals surface area contributed by atoms with Crippen molar-refractivity contribution >= 4 is 28.9 Å². The molecule has 0 unspecified atom stereocenters. The van der Waals surface area contributed by atoms with Crippen LogP contribution in [0.5, 0.6) is 0 Å². The van der Waals surface area contributed by atoms with Crippen LogP contribution in [0.3, 0.4) is 0 Å². The molecule has 2 aliphatic rings. The number of ketones is 1. The molecule has 2 aliphatic heterocycles. The molecule has 0 saturated carbocycles. The van der Waals surface area contributed by atoms with Gasteiger partial charge in [0.2, 0.25) is 0 Å². The molecule has 4 heterocycles. The van der Waals surface area contributed by atoms with Crippen LogP contribution in [0.1, 0.15) is 45.1 Å². The standard InChI is InChI=1S/C18H20N4O3S/c23-16(15-5-3-10-26-15)18(25)21-8-4-9-22-13(12-21)11-14(19-22)17(24)20-6-1-2-7-20/h3,5,10-11H,1-2,4,6-9,12H2. The average Bonchev–Trinajstić information content (AvgIpc) is 3.40. The molecule has 8 heteroatoms. The summed E-state index contributed by atoms with van der Waals surface area (Å²) in [5.41, 5.74) is 1.23. The minimum Gasteiger partial charge on any atom is -0.337 e. The second-order valence-electron chi connectivity index (χ2n) is 6.63. The first-order chi connectivity index (χ1) is 12.6. The predicted molar refractivity (Wildman–Crippen MR) is 96.0 cm³/mol. The fraction of sp³-hybridized carbons (Fsp3) is 0.444. The van der Waals surface area contributed by atoms with E-state index in [-0.39, 0.29) is 5.91 Å². The number of nitrogens with zero attached hydrogens (tertiary/aromatic N) is 4. The zero-order chi connectivity index (χ0) is 18.1. The Morgan fingerprint density at radius 2 is 1.77 bits per heavy atom. The van der Waals surface area contributed by atoms with Crippen LogP contribution in [0.15, 0.2) is 23.6 Å². The van der Waals surface area contributed by atoms with Gasteiger partial charge in [-0.3, -0.25) is 19.1 Å². The van der Waals surface area contributed by atoms with E-state index in [0.29, 0.717) is 36.6 Å². The summed E-state index contributed by atoms with van der Waals surface area (Å²) >= 11 is 1.27. The SMILES string of the molecule is O=C(C(=O)N1CCCn2nc(C(=O)N3CCCC3)cc2C1)c1cccs1. The van der Waals surface area contributed by atoms with Gasteiger partial charge in [0.25, 0.3) is 17.6 Å². The van der Waals surface area contributed by atoms with Gasteiger partial charge < -0.3 is 9.80 Å².